The van der Waals surface area contributed by atoms with Crippen molar-refractivity contribution in [2.24, 2.45) is 22.9 Å². The lowest BCUT2D eigenvalue weighted by atomic mass is 10.00. The Morgan fingerprint density at radius 3 is 1.70 bits per heavy atom. The second-order valence-corrected chi connectivity index (χ2v) is 13.2. The molecule has 13 heteroatoms. The second-order valence-electron chi connectivity index (χ2n) is 13.2. The van der Waals surface area contributed by atoms with Crippen molar-refractivity contribution in [2.45, 2.75) is 57.0 Å². The summed E-state index contributed by atoms with van der Waals surface area (Å²) in [6.45, 7) is 1.24. The number of hydrogen-bond donors (Lipinski definition) is 9. The molecule has 0 radical (unpaired) electrons. The van der Waals surface area contributed by atoms with Gasteiger partial charge in [-0.05, 0) is 72.0 Å². The first-order valence-corrected chi connectivity index (χ1v) is 18.3. The van der Waals surface area contributed by atoms with Gasteiger partial charge in [-0.2, -0.15) is 0 Å². The number of nitrogens with zero attached hydrogens (tertiary/aromatic N) is 1. The molecular formula is C41H54N10O3. The average molecular weight is 735 g/mol. The zero-order chi connectivity index (χ0) is 38.7. The molecule has 0 aliphatic rings. The van der Waals surface area contributed by atoms with Gasteiger partial charge in [0, 0.05) is 19.6 Å². The van der Waals surface area contributed by atoms with Crippen molar-refractivity contribution in [3.8, 4) is 22.3 Å². The number of guanidine groups is 1. The zero-order valence-electron chi connectivity index (χ0n) is 30.7. The SMILES string of the molecule is N=C(N)NCCCCNC(=O)CN(Cc1ccc(-c2ccccc2)cc1)C(=O)[C@H](CCCNC(N)N)NC(=O)[C@@H](N)Cc1ccc(-c2ccccc2)cc1. The van der Waals surface area contributed by atoms with E-state index >= 15 is 0 Å². The summed E-state index contributed by atoms with van der Waals surface area (Å²) in [6.07, 6.45) is 1.63. The van der Waals surface area contributed by atoms with E-state index in [1.54, 1.807) is 0 Å². The lowest BCUT2D eigenvalue weighted by Gasteiger charge is -2.29. The predicted octanol–water partition coefficient (Wildman–Crippen LogP) is 2.35. The summed E-state index contributed by atoms with van der Waals surface area (Å²) in [5.41, 5.74) is 29.0. The maximum absolute atomic E-state index is 14.3. The highest BCUT2D eigenvalue weighted by Gasteiger charge is 2.29. The van der Waals surface area contributed by atoms with Crippen LogP contribution < -0.4 is 44.2 Å². The van der Waals surface area contributed by atoms with Crippen molar-refractivity contribution in [1.82, 2.24) is 26.2 Å². The molecule has 13 N–H and O–H groups in total. The Morgan fingerprint density at radius 2 is 1.17 bits per heavy atom. The zero-order valence-corrected chi connectivity index (χ0v) is 30.7. The molecule has 0 fully saturated rings. The maximum atomic E-state index is 14.3. The van der Waals surface area contributed by atoms with Gasteiger partial charge in [0.2, 0.25) is 17.7 Å². The Bertz CT molecular complexity index is 1750. The van der Waals surface area contributed by atoms with E-state index in [0.717, 1.165) is 33.4 Å². The molecule has 0 unspecified atom stereocenters. The molecule has 13 nitrogen and oxygen atoms in total. The van der Waals surface area contributed by atoms with Crippen LogP contribution in [-0.4, -0.2) is 73.1 Å². The fraction of sp³-hybridized carbons (Fsp3) is 0.317. The van der Waals surface area contributed by atoms with Gasteiger partial charge in [-0.15, -0.1) is 0 Å². The molecule has 286 valence electrons. The van der Waals surface area contributed by atoms with Gasteiger partial charge < -0.3 is 43.8 Å². The molecule has 3 amide bonds. The van der Waals surface area contributed by atoms with Crippen molar-refractivity contribution in [3.05, 3.63) is 120 Å². The first-order chi connectivity index (χ1) is 26.1. The summed E-state index contributed by atoms with van der Waals surface area (Å²) >= 11 is 0. The fourth-order valence-electron chi connectivity index (χ4n) is 5.94. The maximum Gasteiger partial charge on any atom is 0.245 e. The molecule has 0 saturated carbocycles. The van der Waals surface area contributed by atoms with Crippen LogP contribution in [0.1, 0.15) is 36.8 Å². The van der Waals surface area contributed by atoms with E-state index in [1.807, 2.05) is 109 Å². The molecule has 0 aliphatic carbocycles. The predicted molar refractivity (Wildman–Crippen MR) is 214 cm³/mol. The molecule has 0 aromatic heterocycles. The Labute approximate surface area is 317 Å². The summed E-state index contributed by atoms with van der Waals surface area (Å²) in [4.78, 5) is 42.6. The molecule has 0 spiro atoms. The van der Waals surface area contributed by atoms with Crippen LogP contribution in [0, 0.1) is 5.41 Å². The first kappa shape index (κ1) is 41.2. The Balaban J connectivity index is 1.48. The number of hydrogen-bond acceptors (Lipinski definition) is 8. The Hall–Kier alpha value is -5.60. The van der Waals surface area contributed by atoms with Crippen molar-refractivity contribution >= 4 is 23.7 Å². The summed E-state index contributed by atoms with van der Waals surface area (Å²) in [5.74, 6) is -1.32. The normalized spacial score (nSPS) is 12.1. The molecule has 2 atom stereocenters. The number of amides is 3. The average Bonchev–Trinajstić information content (AvgIpc) is 3.17. The third-order valence-electron chi connectivity index (χ3n) is 8.84. The van der Waals surface area contributed by atoms with Crippen molar-refractivity contribution in [2.75, 3.05) is 26.2 Å². The number of carbonyl (C=O) groups is 3. The number of nitrogens with two attached hydrogens (primary N) is 4. The van der Waals surface area contributed by atoms with Crippen LogP contribution in [0.2, 0.25) is 0 Å². The van der Waals surface area contributed by atoms with Gasteiger partial charge in [0.15, 0.2) is 5.96 Å². The van der Waals surface area contributed by atoms with Crippen LogP contribution >= 0.6 is 0 Å². The van der Waals surface area contributed by atoms with Gasteiger partial charge in [0.05, 0.1) is 12.6 Å². The molecule has 0 saturated heterocycles. The Kier molecular flexibility index (Phi) is 16.6. The van der Waals surface area contributed by atoms with E-state index in [4.69, 9.17) is 28.3 Å². The number of unbranched alkanes of at least 4 members (excludes halogenated alkanes) is 1. The molecule has 0 heterocycles. The van der Waals surface area contributed by atoms with Gasteiger partial charge in [-0.3, -0.25) is 25.1 Å². The third-order valence-corrected chi connectivity index (χ3v) is 8.84. The minimum absolute atomic E-state index is 0.105. The summed E-state index contributed by atoms with van der Waals surface area (Å²) in [5, 5.41) is 18.7. The molecule has 4 aromatic rings. The largest absolute Gasteiger partial charge is 0.370 e. The van der Waals surface area contributed by atoms with Crippen LogP contribution in [0.3, 0.4) is 0 Å². The third kappa shape index (κ3) is 14.1. The number of benzene rings is 4. The summed E-state index contributed by atoms with van der Waals surface area (Å²) < 4.78 is 0. The smallest absolute Gasteiger partial charge is 0.245 e. The monoisotopic (exact) mass is 734 g/mol. The summed E-state index contributed by atoms with van der Waals surface area (Å²) in [6, 6.07) is 33.8. The van der Waals surface area contributed by atoms with Crippen LogP contribution in [0.5, 0.6) is 0 Å². The van der Waals surface area contributed by atoms with Crippen LogP contribution in [0.15, 0.2) is 109 Å². The lowest BCUT2D eigenvalue weighted by molar-refractivity contribution is -0.140. The molecule has 4 aromatic carbocycles. The van der Waals surface area contributed by atoms with Gasteiger partial charge in [0.1, 0.15) is 12.3 Å². The van der Waals surface area contributed by atoms with E-state index in [1.165, 1.54) is 4.90 Å². The minimum Gasteiger partial charge on any atom is -0.370 e. The van der Waals surface area contributed by atoms with Crippen molar-refractivity contribution < 1.29 is 14.4 Å². The molecule has 54 heavy (non-hydrogen) atoms. The van der Waals surface area contributed by atoms with Gasteiger partial charge in [-0.25, -0.2) is 0 Å². The quantitative estimate of drug-likeness (QED) is 0.0264. The van der Waals surface area contributed by atoms with Crippen molar-refractivity contribution in [3.63, 3.8) is 0 Å². The topological polar surface area (TPSA) is 231 Å². The highest BCUT2D eigenvalue weighted by Crippen LogP contribution is 2.21. The molecular weight excluding hydrogens is 681 g/mol. The lowest BCUT2D eigenvalue weighted by Crippen LogP contribution is -2.54. The molecule has 4 rings (SSSR count). The van der Waals surface area contributed by atoms with Crippen LogP contribution in [0.25, 0.3) is 22.3 Å². The second kappa shape index (κ2) is 21.8. The standard InChI is InChI=1S/C41H54N10O3/c42-35(26-29-15-19-33(20-16-29)31-10-3-1-4-11-31)38(53)50-36(14-9-25-49-41(45)46)39(54)51(28-37(52)47-23-7-8-24-48-40(43)44)27-30-17-21-34(22-18-30)32-12-5-2-6-13-32/h1-6,10-13,15-22,35-36,41,49H,7-9,14,23-28,42,45-46H2,(H,47,52)(H,50,53)(H4,43,44,48)/t35-,36-/m0/s1. The van der Waals surface area contributed by atoms with Crippen molar-refractivity contribution in [1.29, 1.82) is 5.41 Å². The minimum atomic E-state index is -0.964. The van der Waals surface area contributed by atoms with Gasteiger partial charge in [0.25, 0.3) is 0 Å². The Morgan fingerprint density at radius 1 is 0.648 bits per heavy atom. The highest BCUT2D eigenvalue weighted by molar-refractivity contribution is 5.92. The highest BCUT2D eigenvalue weighted by atomic mass is 16.2. The fourth-order valence-corrected chi connectivity index (χ4v) is 5.94. The van der Waals surface area contributed by atoms with E-state index in [2.05, 4.69) is 21.3 Å². The van der Waals surface area contributed by atoms with E-state index in [0.29, 0.717) is 38.9 Å². The first-order valence-electron chi connectivity index (χ1n) is 18.3. The van der Waals surface area contributed by atoms with E-state index in [-0.39, 0.29) is 37.8 Å². The van der Waals surface area contributed by atoms with Gasteiger partial charge in [-0.1, -0.05) is 109 Å². The number of nitrogens with one attached hydrogen (secondary N) is 5. The van der Waals surface area contributed by atoms with E-state index in [9.17, 15) is 14.4 Å². The summed E-state index contributed by atoms with van der Waals surface area (Å²) in [7, 11) is 0. The number of rotatable bonds is 21. The molecule has 0 aliphatic heterocycles. The van der Waals surface area contributed by atoms with Crippen LogP contribution in [-0.2, 0) is 27.3 Å². The van der Waals surface area contributed by atoms with E-state index < -0.39 is 30.2 Å². The number of carbonyl (C=O) groups excluding carboxylic acids is 3. The van der Waals surface area contributed by atoms with Crippen LogP contribution in [0.4, 0.5) is 0 Å². The molecule has 0 bridgehead atoms. The van der Waals surface area contributed by atoms with Gasteiger partial charge >= 0.3 is 0 Å².